The lowest BCUT2D eigenvalue weighted by Gasteiger charge is -2.24. The van der Waals surface area contributed by atoms with E-state index >= 15 is 0 Å². The molecule has 0 radical (unpaired) electrons. The molecule has 0 aliphatic rings. The van der Waals surface area contributed by atoms with Gasteiger partial charge in [-0.2, -0.15) is 0 Å². The average molecular weight is 308 g/mol. The Bertz CT molecular complexity index is 351. The van der Waals surface area contributed by atoms with Gasteiger partial charge in [-0.1, -0.05) is 15.9 Å². The van der Waals surface area contributed by atoms with Crippen LogP contribution < -0.4 is 4.90 Å². The molecule has 0 heterocycles. The van der Waals surface area contributed by atoms with Gasteiger partial charge >= 0.3 is 0 Å². The van der Waals surface area contributed by atoms with Crippen LogP contribution in [-0.4, -0.2) is 26.8 Å². The third kappa shape index (κ3) is 3.64. The minimum absolute atomic E-state index is 0.0225. The van der Waals surface area contributed by atoms with Crippen LogP contribution in [0.1, 0.15) is 12.5 Å². The summed E-state index contributed by atoms with van der Waals surface area (Å²) in [6.07, 6.45) is 0. The Morgan fingerprint density at radius 2 is 1.88 bits per heavy atom. The number of likely N-dealkylation sites (N-methyl/N-ethyl adjacent to an activating group) is 1. The van der Waals surface area contributed by atoms with Crippen LogP contribution in [0.4, 0.5) is 14.5 Å². The Morgan fingerprint density at radius 1 is 1.29 bits per heavy atom. The van der Waals surface area contributed by atoms with Gasteiger partial charge in [0.2, 0.25) is 0 Å². The second-order valence-electron chi connectivity index (χ2n) is 3.61. The quantitative estimate of drug-likeness (QED) is 0.748. The number of nitrogens with zero attached hydrogens (tertiary/aromatic N) is 1. The Hall–Kier alpha value is -0.680. The van der Waals surface area contributed by atoms with E-state index < -0.39 is 11.6 Å². The molecule has 1 aromatic carbocycles. The summed E-state index contributed by atoms with van der Waals surface area (Å²) in [6.45, 7) is 3.29. The van der Waals surface area contributed by atoms with E-state index in [-0.39, 0.29) is 5.69 Å². The summed E-state index contributed by atoms with van der Waals surface area (Å²) in [5.41, 5.74) is 0.612. The molecule has 0 aliphatic heterocycles. The lowest BCUT2D eigenvalue weighted by Crippen LogP contribution is -2.28. The fourth-order valence-corrected chi connectivity index (χ4v) is 1.95. The van der Waals surface area contributed by atoms with E-state index in [1.165, 1.54) is 12.1 Å². The molecule has 1 aromatic rings. The maximum Gasteiger partial charge on any atom is 0.149 e. The fraction of sp³-hybridized carbons (Fsp3) is 0.500. The molecule has 0 N–H and O–H groups in total. The predicted molar refractivity (Wildman–Crippen MR) is 68.8 cm³/mol. The number of methoxy groups -OCH3 is 1. The molecular weight excluding hydrogens is 292 g/mol. The van der Waals surface area contributed by atoms with Gasteiger partial charge in [-0.15, -0.1) is 0 Å². The first-order valence-electron chi connectivity index (χ1n) is 5.41. The van der Waals surface area contributed by atoms with E-state index in [4.69, 9.17) is 4.74 Å². The minimum atomic E-state index is -0.530. The van der Waals surface area contributed by atoms with Crippen LogP contribution in [0, 0.1) is 11.6 Å². The van der Waals surface area contributed by atoms with Gasteiger partial charge in [-0.3, -0.25) is 0 Å². The molecule has 96 valence electrons. The molecule has 17 heavy (non-hydrogen) atoms. The summed E-state index contributed by atoms with van der Waals surface area (Å²) < 4.78 is 32.6. The average Bonchev–Trinajstić information content (AvgIpc) is 2.32. The van der Waals surface area contributed by atoms with Crippen molar-refractivity contribution in [3.63, 3.8) is 0 Å². The van der Waals surface area contributed by atoms with E-state index in [0.717, 1.165) is 0 Å². The number of alkyl halides is 1. The van der Waals surface area contributed by atoms with Crippen LogP contribution in [0.2, 0.25) is 0 Å². The van der Waals surface area contributed by atoms with Crippen molar-refractivity contribution in [2.75, 3.05) is 31.7 Å². The van der Waals surface area contributed by atoms with Crippen LogP contribution in [0.25, 0.3) is 0 Å². The van der Waals surface area contributed by atoms with E-state index in [1.807, 2.05) is 6.92 Å². The number of hydrogen-bond acceptors (Lipinski definition) is 2. The Balaban J connectivity index is 3.02. The molecule has 0 saturated carbocycles. The standard InChI is InChI=1S/C12H16BrF2NO/c1-3-16(4-5-17-2)12-10(14)6-9(8-13)7-11(12)15/h6-7H,3-5,8H2,1-2H3. The van der Waals surface area contributed by atoms with Crippen molar-refractivity contribution in [2.24, 2.45) is 0 Å². The van der Waals surface area contributed by atoms with Gasteiger partial charge in [0.15, 0.2) is 0 Å². The normalized spacial score (nSPS) is 10.6. The summed E-state index contributed by atoms with van der Waals surface area (Å²) >= 11 is 3.18. The minimum Gasteiger partial charge on any atom is -0.383 e. The summed E-state index contributed by atoms with van der Waals surface area (Å²) in [4.78, 5) is 1.63. The van der Waals surface area contributed by atoms with E-state index in [9.17, 15) is 8.78 Å². The molecule has 0 spiro atoms. The van der Waals surface area contributed by atoms with Gasteiger partial charge in [0.25, 0.3) is 0 Å². The summed E-state index contributed by atoms with van der Waals surface area (Å²) in [5.74, 6) is -1.06. The maximum atomic E-state index is 13.8. The number of rotatable bonds is 6. The van der Waals surface area contributed by atoms with Crippen molar-refractivity contribution in [2.45, 2.75) is 12.3 Å². The first-order valence-corrected chi connectivity index (χ1v) is 6.54. The first kappa shape index (κ1) is 14.4. The molecule has 0 aromatic heterocycles. The van der Waals surface area contributed by atoms with Crippen LogP contribution in [0.5, 0.6) is 0 Å². The Kier molecular flexibility index (Phi) is 5.85. The van der Waals surface area contributed by atoms with Crippen molar-refractivity contribution in [1.29, 1.82) is 0 Å². The summed E-state index contributed by atoms with van der Waals surface area (Å²) in [5, 5.41) is 0.436. The van der Waals surface area contributed by atoms with E-state index in [1.54, 1.807) is 12.0 Å². The van der Waals surface area contributed by atoms with Crippen molar-refractivity contribution >= 4 is 21.6 Å². The monoisotopic (exact) mass is 307 g/mol. The summed E-state index contributed by atoms with van der Waals surface area (Å²) in [7, 11) is 1.56. The highest BCUT2D eigenvalue weighted by Crippen LogP contribution is 2.25. The second-order valence-corrected chi connectivity index (χ2v) is 4.17. The van der Waals surface area contributed by atoms with Crippen molar-refractivity contribution in [1.82, 2.24) is 0 Å². The molecule has 5 heteroatoms. The molecule has 0 saturated heterocycles. The van der Waals surface area contributed by atoms with Gasteiger partial charge in [0.05, 0.1) is 6.61 Å². The van der Waals surface area contributed by atoms with E-state index in [0.29, 0.717) is 30.6 Å². The zero-order chi connectivity index (χ0) is 12.8. The molecule has 0 atom stereocenters. The molecule has 2 nitrogen and oxygen atoms in total. The van der Waals surface area contributed by atoms with Crippen LogP contribution in [0.15, 0.2) is 12.1 Å². The van der Waals surface area contributed by atoms with Gasteiger partial charge < -0.3 is 9.64 Å². The Labute approximate surface area is 109 Å². The second kappa shape index (κ2) is 6.91. The summed E-state index contributed by atoms with van der Waals surface area (Å²) in [6, 6.07) is 2.70. The lowest BCUT2D eigenvalue weighted by molar-refractivity contribution is 0.205. The molecule has 0 unspecified atom stereocenters. The van der Waals surface area contributed by atoms with Gasteiger partial charge in [0, 0.05) is 25.5 Å². The number of benzene rings is 1. The third-order valence-corrected chi connectivity index (χ3v) is 3.14. The molecule has 0 bridgehead atoms. The smallest absolute Gasteiger partial charge is 0.149 e. The fourth-order valence-electron chi connectivity index (χ4n) is 1.63. The molecular formula is C12H16BrF2NO. The van der Waals surface area contributed by atoms with Crippen molar-refractivity contribution in [3.05, 3.63) is 29.3 Å². The predicted octanol–water partition coefficient (Wildman–Crippen LogP) is 3.33. The van der Waals surface area contributed by atoms with Gasteiger partial charge in [0.1, 0.15) is 17.3 Å². The highest BCUT2D eigenvalue weighted by molar-refractivity contribution is 9.08. The van der Waals surface area contributed by atoms with E-state index in [2.05, 4.69) is 15.9 Å². The van der Waals surface area contributed by atoms with Crippen LogP contribution in [-0.2, 0) is 10.1 Å². The van der Waals surface area contributed by atoms with Crippen molar-refractivity contribution in [3.8, 4) is 0 Å². The van der Waals surface area contributed by atoms with Crippen LogP contribution in [0.3, 0.4) is 0 Å². The van der Waals surface area contributed by atoms with Crippen molar-refractivity contribution < 1.29 is 13.5 Å². The largest absolute Gasteiger partial charge is 0.383 e. The lowest BCUT2D eigenvalue weighted by atomic mass is 10.2. The van der Waals surface area contributed by atoms with Gasteiger partial charge in [-0.25, -0.2) is 8.78 Å². The highest BCUT2D eigenvalue weighted by Gasteiger charge is 2.16. The maximum absolute atomic E-state index is 13.8. The zero-order valence-electron chi connectivity index (χ0n) is 9.97. The molecule has 0 aliphatic carbocycles. The van der Waals surface area contributed by atoms with Crippen LogP contribution >= 0.6 is 15.9 Å². The number of ether oxygens (including phenoxy) is 1. The number of hydrogen-bond donors (Lipinski definition) is 0. The first-order chi connectivity index (χ1) is 8.13. The highest BCUT2D eigenvalue weighted by atomic mass is 79.9. The Morgan fingerprint density at radius 3 is 2.29 bits per heavy atom. The third-order valence-electron chi connectivity index (χ3n) is 2.49. The SMILES string of the molecule is CCN(CCOC)c1c(F)cc(CBr)cc1F. The molecule has 0 amide bonds. The molecule has 0 fully saturated rings. The molecule has 1 rings (SSSR count). The number of anilines is 1. The topological polar surface area (TPSA) is 12.5 Å². The van der Waals surface area contributed by atoms with Gasteiger partial charge in [-0.05, 0) is 24.6 Å². The zero-order valence-corrected chi connectivity index (χ0v) is 11.6. The number of halogens is 3.